The summed E-state index contributed by atoms with van der Waals surface area (Å²) in [5.74, 6) is 1.07. The molecule has 1 aliphatic heterocycles. The molecule has 1 saturated heterocycles. The van der Waals surface area contributed by atoms with Crippen molar-refractivity contribution in [1.29, 1.82) is 0 Å². The quantitative estimate of drug-likeness (QED) is 0.827. The summed E-state index contributed by atoms with van der Waals surface area (Å²) in [4.78, 5) is 2.41. The summed E-state index contributed by atoms with van der Waals surface area (Å²) in [5, 5.41) is 3.47. The van der Waals surface area contributed by atoms with Crippen LogP contribution in [-0.4, -0.2) is 57.5 Å². The molecular formula is C13H26N2O2S. The molecule has 1 aliphatic carbocycles. The molecule has 0 spiro atoms. The predicted molar refractivity (Wildman–Crippen MR) is 74.5 cm³/mol. The van der Waals surface area contributed by atoms with E-state index in [2.05, 4.69) is 10.2 Å². The van der Waals surface area contributed by atoms with Gasteiger partial charge in [0.15, 0.2) is 0 Å². The summed E-state index contributed by atoms with van der Waals surface area (Å²) in [5.41, 5.74) is 0. The van der Waals surface area contributed by atoms with Gasteiger partial charge in [-0.15, -0.1) is 0 Å². The van der Waals surface area contributed by atoms with Crippen molar-refractivity contribution in [2.45, 2.75) is 38.1 Å². The Kier molecular flexibility index (Phi) is 5.04. The first-order valence-corrected chi connectivity index (χ1v) is 9.25. The zero-order valence-corrected chi connectivity index (χ0v) is 12.2. The van der Waals surface area contributed by atoms with E-state index >= 15 is 0 Å². The number of hydrogen-bond acceptors (Lipinski definition) is 4. The summed E-state index contributed by atoms with van der Waals surface area (Å²) in [7, 11) is -2.84. The first-order valence-electron chi connectivity index (χ1n) is 7.19. The molecule has 5 heteroatoms. The number of rotatable bonds is 4. The highest BCUT2D eigenvalue weighted by Crippen LogP contribution is 2.29. The molecule has 0 amide bonds. The molecule has 106 valence electrons. The van der Waals surface area contributed by atoms with Crippen LogP contribution >= 0.6 is 0 Å². The van der Waals surface area contributed by atoms with Crippen LogP contribution in [0.25, 0.3) is 0 Å². The van der Waals surface area contributed by atoms with E-state index in [0.717, 1.165) is 25.6 Å². The molecular weight excluding hydrogens is 248 g/mol. The molecule has 0 radical (unpaired) electrons. The average Bonchev–Trinajstić information content (AvgIpc) is 2.37. The Morgan fingerprint density at radius 1 is 1.22 bits per heavy atom. The minimum atomic E-state index is -2.84. The lowest BCUT2D eigenvalue weighted by atomic mass is 9.82. The summed E-state index contributed by atoms with van der Waals surface area (Å²) >= 11 is 0. The minimum Gasteiger partial charge on any atom is -0.314 e. The summed E-state index contributed by atoms with van der Waals surface area (Å²) < 4.78 is 22.6. The minimum absolute atomic E-state index is 0.302. The van der Waals surface area contributed by atoms with Gasteiger partial charge < -0.3 is 5.32 Å². The van der Waals surface area contributed by atoms with Gasteiger partial charge in [0.25, 0.3) is 0 Å². The Morgan fingerprint density at radius 2 is 1.94 bits per heavy atom. The molecule has 0 bridgehead atoms. The van der Waals surface area contributed by atoms with Crippen LogP contribution in [-0.2, 0) is 9.84 Å². The molecule has 2 rings (SSSR count). The Morgan fingerprint density at radius 3 is 2.61 bits per heavy atom. The molecule has 0 aromatic rings. The van der Waals surface area contributed by atoms with Crippen molar-refractivity contribution in [3.05, 3.63) is 0 Å². The third-order valence-electron chi connectivity index (χ3n) is 4.34. The maximum absolute atomic E-state index is 11.3. The second-order valence-corrected chi connectivity index (χ2v) is 8.10. The largest absolute Gasteiger partial charge is 0.314 e. The zero-order chi connectivity index (χ0) is 13.0. The smallest absolute Gasteiger partial charge is 0.148 e. The van der Waals surface area contributed by atoms with Crippen LogP contribution < -0.4 is 5.32 Å². The molecule has 2 fully saturated rings. The van der Waals surface area contributed by atoms with Crippen molar-refractivity contribution in [2.24, 2.45) is 5.92 Å². The van der Waals surface area contributed by atoms with E-state index in [9.17, 15) is 8.42 Å². The standard InChI is InChI=1S/C13H26N2O2S/c1-18(16,17)10-9-15-8-7-14-11-13(15)12-5-3-2-4-6-12/h12-14H,2-11H2,1H3. The highest BCUT2D eigenvalue weighted by atomic mass is 32.2. The van der Waals surface area contributed by atoms with E-state index in [4.69, 9.17) is 0 Å². The van der Waals surface area contributed by atoms with Crippen molar-refractivity contribution < 1.29 is 8.42 Å². The molecule has 4 nitrogen and oxygen atoms in total. The second-order valence-electron chi connectivity index (χ2n) is 5.84. The number of nitrogens with zero attached hydrogens (tertiary/aromatic N) is 1. The van der Waals surface area contributed by atoms with Crippen LogP contribution in [0.3, 0.4) is 0 Å². The van der Waals surface area contributed by atoms with Crippen molar-refractivity contribution in [3.8, 4) is 0 Å². The second kappa shape index (κ2) is 6.35. The summed E-state index contributed by atoms with van der Waals surface area (Å²) in [6.07, 6.45) is 8.05. The van der Waals surface area contributed by atoms with Gasteiger partial charge in [-0.05, 0) is 18.8 Å². The number of sulfone groups is 1. The Hall–Kier alpha value is -0.130. The first-order chi connectivity index (χ1) is 8.56. The summed E-state index contributed by atoms with van der Waals surface area (Å²) in [6.45, 7) is 3.74. The molecule has 1 atom stereocenters. The Balaban J connectivity index is 1.92. The van der Waals surface area contributed by atoms with Gasteiger partial charge in [-0.25, -0.2) is 8.42 Å². The zero-order valence-electron chi connectivity index (χ0n) is 11.4. The van der Waals surface area contributed by atoms with Crippen LogP contribution in [0.4, 0.5) is 0 Å². The number of piperazine rings is 1. The summed E-state index contributed by atoms with van der Waals surface area (Å²) in [6, 6.07) is 0.556. The van der Waals surface area contributed by atoms with Crippen molar-refractivity contribution >= 4 is 9.84 Å². The molecule has 0 aromatic heterocycles. The van der Waals surface area contributed by atoms with Crippen molar-refractivity contribution in [3.63, 3.8) is 0 Å². The first kappa shape index (κ1) is 14.3. The van der Waals surface area contributed by atoms with Gasteiger partial charge in [0.2, 0.25) is 0 Å². The molecule has 18 heavy (non-hydrogen) atoms. The SMILES string of the molecule is CS(=O)(=O)CCN1CCNCC1C1CCCCC1. The van der Waals surface area contributed by atoms with Crippen molar-refractivity contribution in [2.75, 3.05) is 38.2 Å². The molecule has 0 aromatic carbocycles. The van der Waals surface area contributed by atoms with Gasteiger partial charge >= 0.3 is 0 Å². The van der Waals surface area contributed by atoms with E-state index in [1.165, 1.54) is 38.4 Å². The van der Waals surface area contributed by atoms with Gasteiger partial charge in [0.1, 0.15) is 9.84 Å². The van der Waals surface area contributed by atoms with Gasteiger partial charge in [0, 0.05) is 38.5 Å². The van der Waals surface area contributed by atoms with Crippen LogP contribution in [0.15, 0.2) is 0 Å². The fourth-order valence-corrected chi connectivity index (χ4v) is 3.88. The lowest BCUT2D eigenvalue weighted by Crippen LogP contribution is -2.55. The highest BCUT2D eigenvalue weighted by molar-refractivity contribution is 7.90. The Bertz CT molecular complexity index is 350. The van der Waals surface area contributed by atoms with Crippen LogP contribution in [0.5, 0.6) is 0 Å². The maximum atomic E-state index is 11.3. The van der Waals surface area contributed by atoms with E-state index in [-0.39, 0.29) is 0 Å². The number of nitrogens with one attached hydrogen (secondary N) is 1. The topological polar surface area (TPSA) is 49.4 Å². The highest BCUT2D eigenvalue weighted by Gasteiger charge is 2.30. The van der Waals surface area contributed by atoms with Gasteiger partial charge in [-0.2, -0.15) is 0 Å². The van der Waals surface area contributed by atoms with Gasteiger partial charge in [-0.3, -0.25) is 4.90 Å². The van der Waals surface area contributed by atoms with Crippen molar-refractivity contribution in [1.82, 2.24) is 10.2 Å². The molecule has 1 N–H and O–H groups in total. The van der Waals surface area contributed by atoms with E-state index in [0.29, 0.717) is 18.3 Å². The van der Waals surface area contributed by atoms with E-state index in [1.807, 2.05) is 0 Å². The molecule has 1 heterocycles. The van der Waals surface area contributed by atoms with E-state index < -0.39 is 9.84 Å². The lowest BCUT2D eigenvalue weighted by molar-refractivity contribution is 0.0986. The van der Waals surface area contributed by atoms with Crippen LogP contribution in [0.1, 0.15) is 32.1 Å². The van der Waals surface area contributed by atoms with Gasteiger partial charge in [-0.1, -0.05) is 19.3 Å². The molecule has 1 saturated carbocycles. The third-order valence-corrected chi connectivity index (χ3v) is 5.27. The van der Waals surface area contributed by atoms with Crippen LogP contribution in [0.2, 0.25) is 0 Å². The fourth-order valence-electron chi connectivity index (χ4n) is 3.31. The monoisotopic (exact) mass is 274 g/mol. The molecule has 2 aliphatic rings. The Labute approximate surface area is 111 Å². The maximum Gasteiger partial charge on any atom is 0.148 e. The lowest BCUT2D eigenvalue weighted by Gasteiger charge is -2.42. The van der Waals surface area contributed by atoms with Gasteiger partial charge in [0.05, 0.1) is 5.75 Å². The molecule has 1 unspecified atom stereocenters. The fraction of sp³-hybridized carbons (Fsp3) is 1.00. The normalized spacial score (nSPS) is 28.4. The van der Waals surface area contributed by atoms with Crippen LogP contribution in [0, 0.1) is 5.92 Å². The number of hydrogen-bond donors (Lipinski definition) is 1. The van der Waals surface area contributed by atoms with E-state index in [1.54, 1.807) is 0 Å². The predicted octanol–water partition coefficient (Wildman–Crippen LogP) is 0.885. The third kappa shape index (κ3) is 4.21. The average molecular weight is 274 g/mol.